The Hall–Kier alpha value is -0.410. The van der Waals surface area contributed by atoms with Crippen LogP contribution < -0.4 is 5.32 Å². The predicted octanol–water partition coefficient (Wildman–Crippen LogP) is 1.29. The number of ketones is 1. The molecule has 1 N–H and O–H groups in total. The SMILES string of the molecule is CNCCCN(C)CCC1CCCC1=O. The summed E-state index contributed by atoms with van der Waals surface area (Å²) in [6, 6.07) is 0. The van der Waals surface area contributed by atoms with E-state index in [4.69, 9.17) is 0 Å². The van der Waals surface area contributed by atoms with Gasteiger partial charge in [0, 0.05) is 12.3 Å². The van der Waals surface area contributed by atoms with Crippen molar-refractivity contribution in [2.45, 2.75) is 32.1 Å². The van der Waals surface area contributed by atoms with Gasteiger partial charge >= 0.3 is 0 Å². The summed E-state index contributed by atoms with van der Waals surface area (Å²) < 4.78 is 0. The first-order valence-corrected chi connectivity index (χ1v) is 6.10. The highest BCUT2D eigenvalue weighted by Crippen LogP contribution is 2.24. The summed E-state index contributed by atoms with van der Waals surface area (Å²) in [5.41, 5.74) is 0. The van der Waals surface area contributed by atoms with Crippen LogP contribution >= 0.6 is 0 Å². The molecule has 0 aromatic heterocycles. The van der Waals surface area contributed by atoms with Crippen molar-refractivity contribution in [2.24, 2.45) is 5.92 Å². The molecule has 0 amide bonds. The van der Waals surface area contributed by atoms with Crippen LogP contribution in [0.3, 0.4) is 0 Å². The molecule has 3 heteroatoms. The highest BCUT2D eigenvalue weighted by Gasteiger charge is 2.23. The van der Waals surface area contributed by atoms with Crippen molar-refractivity contribution in [2.75, 3.05) is 33.7 Å². The average molecular weight is 212 g/mol. The summed E-state index contributed by atoms with van der Waals surface area (Å²) in [7, 11) is 4.13. The minimum Gasteiger partial charge on any atom is -0.320 e. The Kier molecular flexibility index (Phi) is 5.88. The van der Waals surface area contributed by atoms with Crippen molar-refractivity contribution in [3.63, 3.8) is 0 Å². The summed E-state index contributed by atoms with van der Waals surface area (Å²) in [4.78, 5) is 13.8. The van der Waals surface area contributed by atoms with E-state index in [0.717, 1.165) is 45.3 Å². The van der Waals surface area contributed by atoms with Crippen LogP contribution in [0.2, 0.25) is 0 Å². The predicted molar refractivity (Wildman–Crippen MR) is 63.0 cm³/mol. The average Bonchev–Trinajstić information content (AvgIpc) is 2.61. The van der Waals surface area contributed by atoms with E-state index in [1.165, 1.54) is 6.42 Å². The van der Waals surface area contributed by atoms with Crippen LogP contribution in [0, 0.1) is 5.92 Å². The first-order chi connectivity index (χ1) is 7.24. The summed E-state index contributed by atoms with van der Waals surface area (Å²) in [5, 5.41) is 3.15. The van der Waals surface area contributed by atoms with Crippen LogP contribution in [0.5, 0.6) is 0 Å². The number of hydrogen-bond acceptors (Lipinski definition) is 3. The molecule has 1 saturated carbocycles. The monoisotopic (exact) mass is 212 g/mol. The zero-order valence-electron chi connectivity index (χ0n) is 10.1. The highest BCUT2D eigenvalue weighted by molar-refractivity contribution is 5.82. The van der Waals surface area contributed by atoms with Gasteiger partial charge in [0.25, 0.3) is 0 Å². The van der Waals surface area contributed by atoms with Crippen LogP contribution in [-0.2, 0) is 4.79 Å². The van der Waals surface area contributed by atoms with Crippen LogP contribution in [0.15, 0.2) is 0 Å². The number of carbonyl (C=O) groups is 1. The third-order valence-electron chi connectivity index (χ3n) is 3.26. The zero-order chi connectivity index (χ0) is 11.1. The van der Waals surface area contributed by atoms with E-state index < -0.39 is 0 Å². The fraction of sp³-hybridized carbons (Fsp3) is 0.917. The lowest BCUT2D eigenvalue weighted by Gasteiger charge is -2.18. The van der Waals surface area contributed by atoms with Gasteiger partial charge in [0.1, 0.15) is 5.78 Å². The van der Waals surface area contributed by atoms with E-state index in [2.05, 4.69) is 17.3 Å². The smallest absolute Gasteiger partial charge is 0.136 e. The second kappa shape index (κ2) is 6.96. The second-order valence-corrected chi connectivity index (χ2v) is 4.60. The molecule has 0 bridgehead atoms. The maximum atomic E-state index is 11.4. The van der Waals surface area contributed by atoms with Crippen molar-refractivity contribution in [3.8, 4) is 0 Å². The van der Waals surface area contributed by atoms with Crippen LogP contribution in [-0.4, -0.2) is 44.4 Å². The lowest BCUT2D eigenvalue weighted by atomic mass is 10.0. The number of rotatable bonds is 7. The fourth-order valence-electron chi connectivity index (χ4n) is 2.21. The molecule has 0 saturated heterocycles. The summed E-state index contributed by atoms with van der Waals surface area (Å²) >= 11 is 0. The Labute approximate surface area is 93.2 Å². The molecule has 0 aliphatic heterocycles. The van der Waals surface area contributed by atoms with Crippen LogP contribution in [0.25, 0.3) is 0 Å². The van der Waals surface area contributed by atoms with Gasteiger partial charge in [-0.15, -0.1) is 0 Å². The highest BCUT2D eigenvalue weighted by atomic mass is 16.1. The van der Waals surface area contributed by atoms with E-state index in [-0.39, 0.29) is 0 Å². The van der Waals surface area contributed by atoms with E-state index in [1.807, 2.05) is 7.05 Å². The van der Waals surface area contributed by atoms with E-state index >= 15 is 0 Å². The zero-order valence-corrected chi connectivity index (χ0v) is 10.1. The number of carbonyl (C=O) groups excluding carboxylic acids is 1. The Bertz CT molecular complexity index is 194. The molecule has 1 atom stereocenters. The number of hydrogen-bond donors (Lipinski definition) is 1. The summed E-state index contributed by atoms with van der Waals surface area (Å²) in [6.45, 7) is 3.27. The third-order valence-corrected chi connectivity index (χ3v) is 3.26. The second-order valence-electron chi connectivity index (χ2n) is 4.60. The maximum Gasteiger partial charge on any atom is 0.136 e. The normalized spacial score (nSPS) is 21.5. The Morgan fingerprint density at radius 1 is 1.47 bits per heavy atom. The Morgan fingerprint density at radius 3 is 2.87 bits per heavy atom. The van der Waals surface area contributed by atoms with Crippen molar-refractivity contribution in [3.05, 3.63) is 0 Å². The molecule has 1 aliphatic carbocycles. The van der Waals surface area contributed by atoms with Crippen molar-refractivity contribution >= 4 is 5.78 Å². The fourth-order valence-corrected chi connectivity index (χ4v) is 2.21. The molecule has 0 radical (unpaired) electrons. The molecule has 0 heterocycles. The number of nitrogens with one attached hydrogen (secondary N) is 1. The van der Waals surface area contributed by atoms with Crippen LogP contribution in [0.1, 0.15) is 32.1 Å². The van der Waals surface area contributed by atoms with Crippen molar-refractivity contribution in [1.29, 1.82) is 0 Å². The largest absolute Gasteiger partial charge is 0.320 e. The summed E-state index contributed by atoms with van der Waals surface area (Å²) in [5.74, 6) is 0.871. The molecule has 1 fully saturated rings. The molecule has 1 unspecified atom stereocenters. The number of nitrogens with zero attached hydrogens (tertiary/aromatic N) is 1. The summed E-state index contributed by atoms with van der Waals surface area (Å²) in [6.07, 6.45) is 5.32. The molecule has 1 aliphatic rings. The maximum absolute atomic E-state index is 11.4. The van der Waals surface area contributed by atoms with Gasteiger partial charge in [-0.05, 0) is 59.4 Å². The van der Waals surface area contributed by atoms with Gasteiger partial charge in [-0.1, -0.05) is 0 Å². The van der Waals surface area contributed by atoms with Gasteiger partial charge in [-0.2, -0.15) is 0 Å². The molecule has 1 rings (SSSR count). The third kappa shape index (κ3) is 4.76. The molecule has 0 aromatic rings. The topological polar surface area (TPSA) is 32.3 Å². The lowest BCUT2D eigenvalue weighted by Crippen LogP contribution is -2.26. The van der Waals surface area contributed by atoms with E-state index in [9.17, 15) is 4.79 Å². The lowest BCUT2D eigenvalue weighted by molar-refractivity contribution is -0.120. The number of Topliss-reactive ketones (excluding diaryl/α,β-unsaturated/α-hetero) is 1. The van der Waals surface area contributed by atoms with E-state index in [1.54, 1.807) is 0 Å². The Morgan fingerprint density at radius 2 is 2.27 bits per heavy atom. The van der Waals surface area contributed by atoms with Gasteiger partial charge in [0.05, 0.1) is 0 Å². The molecule has 88 valence electrons. The van der Waals surface area contributed by atoms with Crippen molar-refractivity contribution in [1.82, 2.24) is 10.2 Å². The molecule has 0 aromatic carbocycles. The quantitative estimate of drug-likeness (QED) is 0.645. The standard InChI is InChI=1S/C12H24N2O/c1-13-8-4-9-14(2)10-7-11-5-3-6-12(11)15/h11,13H,3-10H2,1-2H3. The minimum absolute atomic E-state index is 0.372. The first kappa shape index (κ1) is 12.7. The van der Waals surface area contributed by atoms with Crippen molar-refractivity contribution < 1.29 is 4.79 Å². The minimum atomic E-state index is 0.372. The van der Waals surface area contributed by atoms with Gasteiger partial charge in [0.15, 0.2) is 0 Å². The molecular formula is C12H24N2O. The molecule has 3 nitrogen and oxygen atoms in total. The van der Waals surface area contributed by atoms with Gasteiger partial charge < -0.3 is 10.2 Å². The van der Waals surface area contributed by atoms with Gasteiger partial charge in [-0.3, -0.25) is 4.79 Å². The van der Waals surface area contributed by atoms with Crippen LogP contribution in [0.4, 0.5) is 0 Å². The Balaban J connectivity index is 2.05. The first-order valence-electron chi connectivity index (χ1n) is 6.10. The molecular weight excluding hydrogens is 188 g/mol. The van der Waals surface area contributed by atoms with Gasteiger partial charge in [0.2, 0.25) is 0 Å². The van der Waals surface area contributed by atoms with E-state index in [0.29, 0.717) is 11.7 Å². The van der Waals surface area contributed by atoms with Gasteiger partial charge in [-0.25, -0.2) is 0 Å². The molecule has 15 heavy (non-hydrogen) atoms. The molecule has 0 spiro atoms.